The molecule has 0 bridgehead atoms. The number of anilines is 2. The summed E-state index contributed by atoms with van der Waals surface area (Å²) in [6.45, 7) is 19.3. The summed E-state index contributed by atoms with van der Waals surface area (Å²) in [5, 5.41) is 0. The van der Waals surface area contributed by atoms with Crippen LogP contribution in [0.3, 0.4) is 0 Å². The van der Waals surface area contributed by atoms with Crippen molar-refractivity contribution in [1.29, 1.82) is 0 Å². The van der Waals surface area contributed by atoms with Crippen molar-refractivity contribution in [2.24, 2.45) is 23.7 Å². The lowest BCUT2D eigenvalue weighted by Gasteiger charge is -2.34. The highest BCUT2D eigenvalue weighted by Gasteiger charge is 2.28. The first-order valence-electron chi connectivity index (χ1n) is 22.3. The van der Waals surface area contributed by atoms with Crippen molar-refractivity contribution in [2.75, 3.05) is 4.90 Å². The Morgan fingerprint density at radius 2 is 1.52 bits per heavy atom. The molecule has 0 aromatic heterocycles. The van der Waals surface area contributed by atoms with Gasteiger partial charge in [-0.25, -0.2) is 0 Å². The SMILES string of the molecule is C=C\C=C/C(=C1\C=CCC\C1=C(\C)c1ccc(N(C2=CC=C(c3ccccc3)C(C(=C)/C=C\C=C/C)C2)c2ccc(C3=CC4CCCCCC4C=C3)cc2)cc1)C(C)C=C. The molecule has 4 unspecified atom stereocenters. The summed E-state index contributed by atoms with van der Waals surface area (Å²) in [5.74, 6) is 1.70. The van der Waals surface area contributed by atoms with Crippen molar-refractivity contribution in [3.05, 3.63) is 234 Å². The van der Waals surface area contributed by atoms with Gasteiger partial charge in [0.15, 0.2) is 0 Å². The number of hydrogen-bond donors (Lipinski definition) is 0. The molecule has 0 amide bonds. The summed E-state index contributed by atoms with van der Waals surface area (Å²) in [6, 6.07) is 29.3. The van der Waals surface area contributed by atoms with Gasteiger partial charge in [0.05, 0.1) is 0 Å². The van der Waals surface area contributed by atoms with Crippen LogP contribution in [0.1, 0.15) is 88.8 Å². The Morgan fingerprint density at radius 1 is 0.783 bits per heavy atom. The molecule has 0 heterocycles. The Bertz CT molecular complexity index is 2340. The van der Waals surface area contributed by atoms with Gasteiger partial charge in [-0.1, -0.05) is 179 Å². The van der Waals surface area contributed by atoms with Crippen LogP contribution in [-0.2, 0) is 0 Å². The van der Waals surface area contributed by atoms with E-state index in [0.717, 1.165) is 36.2 Å². The first-order valence-corrected chi connectivity index (χ1v) is 22.3. The third-order valence-electron chi connectivity index (χ3n) is 12.9. The maximum absolute atomic E-state index is 4.64. The van der Waals surface area contributed by atoms with Crippen molar-refractivity contribution in [2.45, 2.75) is 72.1 Å². The van der Waals surface area contributed by atoms with Crippen molar-refractivity contribution in [1.82, 2.24) is 0 Å². The summed E-state index contributed by atoms with van der Waals surface area (Å²) in [4.78, 5) is 2.47. The van der Waals surface area contributed by atoms with Gasteiger partial charge in [-0.2, -0.15) is 0 Å². The molecule has 60 heavy (non-hydrogen) atoms. The minimum Gasteiger partial charge on any atom is -0.314 e. The lowest BCUT2D eigenvalue weighted by molar-refractivity contribution is 0.446. The summed E-state index contributed by atoms with van der Waals surface area (Å²) in [7, 11) is 0. The standard InChI is InChI=1S/C59H63N/c1-7-10-14-21-44(5)59-42-54(39-40-57(59)49-23-16-13-17-24-49)60(53-37-33-48(34-38-53)51-30-29-47-22-15-12-18-25-50(47)41-51)52-35-31-46(32-36-52)45(6)56-27-19-20-28-58(56)55(26-11-8-2)43(4)9-3/h7-11,13-14,16-17,20-21,23-24,26,28-41,43,47,50,59H,2-3,5,12,15,18-19,22,25,27,42H2,1,4,6H3/b10-7-,21-14-,26-11-,56-45+,58-55-. The molecular formula is C59H63N. The van der Waals surface area contributed by atoms with Gasteiger partial charge < -0.3 is 4.90 Å². The summed E-state index contributed by atoms with van der Waals surface area (Å²) >= 11 is 0. The average molecular weight is 786 g/mol. The third kappa shape index (κ3) is 9.75. The zero-order chi connectivity index (χ0) is 41.8. The highest BCUT2D eigenvalue weighted by molar-refractivity contribution is 5.81. The zero-order valence-corrected chi connectivity index (χ0v) is 36.2. The zero-order valence-electron chi connectivity index (χ0n) is 36.2. The molecule has 304 valence electrons. The minimum absolute atomic E-state index is 0.124. The first kappa shape index (κ1) is 42.2. The molecule has 0 saturated heterocycles. The summed E-state index contributed by atoms with van der Waals surface area (Å²) in [5.41, 5.74) is 16.4. The van der Waals surface area contributed by atoms with Crippen LogP contribution in [0.15, 0.2) is 218 Å². The van der Waals surface area contributed by atoms with E-state index < -0.39 is 0 Å². The van der Waals surface area contributed by atoms with E-state index in [-0.39, 0.29) is 11.8 Å². The highest BCUT2D eigenvalue weighted by Crippen LogP contribution is 2.44. The number of benzene rings is 3. The molecule has 4 aliphatic carbocycles. The molecule has 0 radical (unpaired) electrons. The largest absolute Gasteiger partial charge is 0.314 e. The maximum atomic E-state index is 4.64. The van der Waals surface area contributed by atoms with Gasteiger partial charge in [0, 0.05) is 23.0 Å². The summed E-state index contributed by atoms with van der Waals surface area (Å²) < 4.78 is 0. The minimum atomic E-state index is 0.124. The molecule has 1 fully saturated rings. The number of allylic oxidation sites excluding steroid dienone is 23. The van der Waals surface area contributed by atoms with E-state index in [1.54, 1.807) is 0 Å². The van der Waals surface area contributed by atoms with Gasteiger partial charge in [0.1, 0.15) is 0 Å². The molecule has 4 aliphatic rings. The Labute approximate surface area is 361 Å². The molecule has 0 aliphatic heterocycles. The number of rotatable bonds is 13. The van der Waals surface area contributed by atoms with Gasteiger partial charge in [0.25, 0.3) is 0 Å². The monoisotopic (exact) mass is 785 g/mol. The van der Waals surface area contributed by atoms with E-state index in [9.17, 15) is 0 Å². The second kappa shape index (κ2) is 20.4. The Balaban J connectivity index is 1.29. The van der Waals surface area contributed by atoms with Crippen molar-refractivity contribution >= 4 is 28.1 Å². The van der Waals surface area contributed by atoms with Crippen LogP contribution in [0.5, 0.6) is 0 Å². The molecular weight excluding hydrogens is 723 g/mol. The molecule has 1 heteroatoms. The van der Waals surface area contributed by atoms with Gasteiger partial charge in [-0.15, -0.1) is 6.58 Å². The fraction of sp³-hybridized carbons (Fsp3) is 0.254. The normalized spacial score (nSPS) is 22.7. The first-order chi connectivity index (χ1) is 29.4. The Morgan fingerprint density at radius 3 is 2.23 bits per heavy atom. The fourth-order valence-corrected chi connectivity index (χ4v) is 9.47. The average Bonchev–Trinajstić information content (AvgIpc) is 3.55. The molecule has 1 nitrogen and oxygen atoms in total. The van der Waals surface area contributed by atoms with E-state index in [0.29, 0.717) is 11.8 Å². The van der Waals surface area contributed by atoms with Crippen molar-refractivity contribution in [3.63, 3.8) is 0 Å². The topological polar surface area (TPSA) is 3.24 Å². The van der Waals surface area contributed by atoms with Crippen LogP contribution >= 0.6 is 0 Å². The molecule has 3 aromatic rings. The fourth-order valence-electron chi connectivity index (χ4n) is 9.47. The van der Waals surface area contributed by atoms with E-state index in [1.165, 1.54) is 87.9 Å². The third-order valence-corrected chi connectivity index (χ3v) is 12.9. The van der Waals surface area contributed by atoms with Gasteiger partial charge >= 0.3 is 0 Å². The van der Waals surface area contributed by atoms with Gasteiger partial charge in [0.2, 0.25) is 0 Å². The Hall–Kier alpha value is -5.92. The van der Waals surface area contributed by atoms with Gasteiger partial charge in [-0.3, -0.25) is 0 Å². The highest BCUT2D eigenvalue weighted by atomic mass is 15.1. The Kier molecular flexibility index (Phi) is 14.3. The molecule has 1 saturated carbocycles. The van der Waals surface area contributed by atoms with E-state index in [2.05, 4.69) is 197 Å². The second-order valence-corrected chi connectivity index (χ2v) is 16.8. The molecule has 3 aromatic carbocycles. The van der Waals surface area contributed by atoms with Crippen LogP contribution < -0.4 is 4.90 Å². The molecule has 7 rings (SSSR count). The number of hydrogen-bond acceptors (Lipinski definition) is 1. The number of nitrogens with zero attached hydrogens (tertiary/aromatic N) is 1. The van der Waals surface area contributed by atoms with E-state index in [4.69, 9.17) is 0 Å². The van der Waals surface area contributed by atoms with Crippen molar-refractivity contribution < 1.29 is 0 Å². The van der Waals surface area contributed by atoms with Crippen LogP contribution in [0, 0.1) is 23.7 Å². The van der Waals surface area contributed by atoms with Crippen LogP contribution in [0.4, 0.5) is 11.4 Å². The quantitative estimate of drug-likeness (QED) is 0.123. The predicted molar refractivity (Wildman–Crippen MR) is 263 cm³/mol. The van der Waals surface area contributed by atoms with E-state index >= 15 is 0 Å². The molecule has 0 spiro atoms. The molecule has 4 atom stereocenters. The van der Waals surface area contributed by atoms with Crippen LogP contribution in [0.25, 0.3) is 16.7 Å². The number of fused-ring (bicyclic) bond motifs is 1. The lowest BCUT2D eigenvalue weighted by Crippen LogP contribution is -2.22. The van der Waals surface area contributed by atoms with Crippen LogP contribution in [0.2, 0.25) is 0 Å². The summed E-state index contributed by atoms with van der Waals surface area (Å²) in [6.07, 6.45) is 42.8. The molecule has 0 N–H and O–H groups in total. The smallest absolute Gasteiger partial charge is 0.0458 e. The van der Waals surface area contributed by atoms with Crippen molar-refractivity contribution in [3.8, 4) is 0 Å². The van der Waals surface area contributed by atoms with Gasteiger partial charge in [-0.05, 0) is 150 Å². The lowest BCUT2D eigenvalue weighted by atomic mass is 9.80. The second-order valence-electron chi connectivity index (χ2n) is 16.8. The van der Waals surface area contributed by atoms with E-state index in [1.807, 2.05) is 18.2 Å². The predicted octanol–water partition coefficient (Wildman–Crippen LogP) is 16.6. The van der Waals surface area contributed by atoms with Crippen LogP contribution in [-0.4, -0.2) is 0 Å². The maximum Gasteiger partial charge on any atom is 0.0458 e.